The van der Waals surface area contributed by atoms with E-state index in [-0.39, 0.29) is 24.1 Å². The van der Waals surface area contributed by atoms with Crippen LogP contribution in [-0.2, 0) is 14.3 Å². The van der Waals surface area contributed by atoms with E-state index in [4.69, 9.17) is 4.74 Å². The van der Waals surface area contributed by atoms with Gasteiger partial charge in [0.15, 0.2) is 5.78 Å². The SMILES string of the molecule is CCOC(=O)[C@@H]1C(=O)C=C(c2ccc(F)cc2)C[C@H]1c1ccc(N(C)C)cc1. The van der Waals surface area contributed by atoms with Gasteiger partial charge in [-0.15, -0.1) is 0 Å². The topological polar surface area (TPSA) is 46.6 Å². The van der Waals surface area contributed by atoms with Gasteiger partial charge in [-0.2, -0.15) is 0 Å². The maximum Gasteiger partial charge on any atom is 0.317 e. The third-order valence-electron chi connectivity index (χ3n) is 5.06. The molecule has 0 N–H and O–H groups in total. The van der Waals surface area contributed by atoms with Crippen molar-refractivity contribution in [2.75, 3.05) is 25.6 Å². The van der Waals surface area contributed by atoms with Crippen LogP contribution >= 0.6 is 0 Å². The van der Waals surface area contributed by atoms with Crippen LogP contribution in [0.1, 0.15) is 30.4 Å². The number of ketones is 1. The maximum absolute atomic E-state index is 13.3. The summed E-state index contributed by atoms with van der Waals surface area (Å²) >= 11 is 0. The third kappa shape index (κ3) is 4.14. The lowest BCUT2D eigenvalue weighted by atomic mass is 9.73. The van der Waals surface area contributed by atoms with Crippen molar-refractivity contribution in [1.29, 1.82) is 0 Å². The summed E-state index contributed by atoms with van der Waals surface area (Å²) in [7, 11) is 3.91. The summed E-state index contributed by atoms with van der Waals surface area (Å²) in [4.78, 5) is 27.4. The lowest BCUT2D eigenvalue weighted by molar-refractivity contribution is -0.151. The highest BCUT2D eigenvalue weighted by atomic mass is 19.1. The van der Waals surface area contributed by atoms with Crippen molar-refractivity contribution >= 4 is 23.0 Å². The molecule has 2 aromatic rings. The number of halogens is 1. The van der Waals surface area contributed by atoms with E-state index in [0.717, 1.165) is 22.4 Å². The first kappa shape index (κ1) is 19.8. The molecule has 4 nitrogen and oxygen atoms in total. The van der Waals surface area contributed by atoms with Crippen LogP contribution in [0, 0.1) is 11.7 Å². The normalized spacial score (nSPS) is 19.1. The van der Waals surface area contributed by atoms with Crippen LogP contribution in [-0.4, -0.2) is 32.5 Å². The maximum atomic E-state index is 13.3. The summed E-state index contributed by atoms with van der Waals surface area (Å²) in [6, 6.07) is 13.9. The van der Waals surface area contributed by atoms with Crippen LogP contribution in [0.3, 0.4) is 0 Å². The second-order valence-corrected chi connectivity index (χ2v) is 7.11. The molecule has 0 unspecified atom stereocenters. The van der Waals surface area contributed by atoms with E-state index < -0.39 is 11.9 Å². The first-order chi connectivity index (χ1) is 13.4. The molecule has 0 aromatic heterocycles. The smallest absolute Gasteiger partial charge is 0.317 e. The molecule has 0 amide bonds. The Morgan fingerprint density at radius 3 is 2.32 bits per heavy atom. The number of allylic oxidation sites excluding steroid dienone is 2. The van der Waals surface area contributed by atoms with Crippen LogP contribution in [0.25, 0.3) is 5.57 Å². The molecule has 5 heteroatoms. The molecular formula is C23H24FNO3. The fourth-order valence-corrected chi connectivity index (χ4v) is 3.58. The van der Waals surface area contributed by atoms with Gasteiger partial charge in [0.25, 0.3) is 0 Å². The summed E-state index contributed by atoms with van der Waals surface area (Å²) in [5, 5.41) is 0. The first-order valence-electron chi connectivity index (χ1n) is 9.35. The molecule has 0 aliphatic heterocycles. The zero-order valence-electron chi connectivity index (χ0n) is 16.3. The molecule has 1 aliphatic carbocycles. The Morgan fingerprint density at radius 2 is 1.75 bits per heavy atom. The molecule has 1 aliphatic rings. The Balaban J connectivity index is 1.99. The second-order valence-electron chi connectivity index (χ2n) is 7.11. The lowest BCUT2D eigenvalue weighted by Gasteiger charge is -2.30. The van der Waals surface area contributed by atoms with Crippen molar-refractivity contribution in [3.63, 3.8) is 0 Å². The highest BCUT2D eigenvalue weighted by Gasteiger charge is 2.39. The van der Waals surface area contributed by atoms with E-state index in [1.807, 2.05) is 43.3 Å². The lowest BCUT2D eigenvalue weighted by Crippen LogP contribution is -2.34. The quantitative estimate of drug-likeness (QED) is 0.575. The number of anilines is 1. The molecule has 0 spiro atoms. The highest BCUT2D eigenvalue weighted by Crippen LogP contribution is 2.40. The summed E-state index contributed by atoms with van der Waals surface area (Å²) in [6.45, 7) is 1.95. The minimum absolute atomic E-state index is 0.226. The Labute approximate surface area is 164 Å². The van der Waals surface area contributed by atoms with Gasteiger partial charge in [-0.05, 0) is 60.4 Å². The zero-order chi connectivity index (χ0) is 20.3. The van der Waals surface area contributed by atoms with E-state index in [0.29, 0.717) is 6.42 Å². The molecule has 0 saturated heterocycles. The van der Waals surface area contributed by atoms with Crippen LogP contribution in [0.4, 0.5) is 10.1 Å². The minimum atomic E-state index is -0.866. The van der Waals surface area contributed by atoms with Gasteiger partial charge < -0.3 is 9.64 Å². The molecule has 28 heavy (non-hydrogen) atoms. The van der Waals surface area contributed by atoms with Gasteiger partial charge in [0, 0.05) is 25.7 Å². The number of esters is 1. The summed E-state index contributed by atoms with van der Waals surface area (Å²) in [5.74, 6) is -2.29. The van der Waals surface area contributed by atoms with E-state index in [1.54, 1.807) is 19.1 Å². The van der Waals surface area contributed by atoms with E-state index in [9.17, 15) is 14.0 Å². The van der Waals surface area contributed by atoms with Gasteiger partial charge in [0.2, 0.25) is 0 Å². The Hall–Kier alpha value is -2.95. The van der Waals surface area contributed by atoms with Crippen molar-refractivity contribution in [2.45, 2.75) is 19.3 Å². The predicted octanol–water partition coefficient (Wildman–Crippen LogP) is 4.21. The molecule has 3 rings (SSSR count). The van der Waals surface area contributed by atoms with Crippen LogP contribution in [0.2, 0.25) is 0 Å². The number of carbonyl (C=O) groups excluding carboxylic acids is 2. The predicted molar refractivity (Wildman–Crippen MR) is 108 cm³/mol. The van der Waals surface area contributed by atoms with Gasteiger partial charge in [-0.3, -0.25) is 9.59 Å². The number of nitrogens with zero attached hydrogens (tertiary/aromatic N) is 1. The minimum Gasteiger partial charge on any atom is -0.465 e. The molecule has 146 valence electrons. The average Bonchev–Trinajstić information content (AvgIpc) is 2.68. The van der Waals surface area contributed by atoms with Crippen molar-refractivity contribution in [3.05, 3.63) is 71.6 Å². The first-order valence-corrected chi connectivity index (χ1v) is 9.35. The molecule has 0 bridgehead atoms. The molecule has 0 fully saturated rings. The average molecular weight is 381 g/mol. The Bertz CT molecular complexity index is 885. The molecular weight excluding hydrogens is 357 g/mol. The number of benzene rings is 2. The van der Waals surface area contributed by atoms with Gasteiger partial charge in [-0.1, -0.05) is 24.3 Å². The van der Waals surface area contributed by atoms with Gasteiger partial charge in [0.05, 0.1) is 6.61 Å². The van der Waals surface area contributed by atoms with E-state index in [2.05, 4.69) is 0 Å². The largest absolute Gasteiger partial charge is 0.465 e. The van der Waals surface area contributed by atoms with Crippen molar-refractivity contribution < 1.29 is 18.7 Å². The van der Waals surface area contributed by atoms with Gasteiger partial charge in [-0.25, -0.2) is 4.39 Å². The summed E-state index contributed by atoms with van der Waals surface area (Å²) in [5.41, 5.74) is 3.52. The van der Waals surface area contributed by atoms with Crippen molar-refractivity contribution in [2.24, 2.45) is 5.92 Å². The van der Waals surface area contributed by atoms with Crippen LogP contribution < -0.4 is 4.90 Å². The second kappa shape index (κ2) is 8.38. The molecule has 2 atom stereocenters. The number of rotatable bonds is 5. The monoisotopic (exact) mass is 381 g/mol. The van der Waals surface area contributed by atoms with E-state index >= 15 is 0 Å². The van der Waals surface area contributed by atoms with Crippen LogP contribution in [0.15, 0.2) is 54.6 Å². The van der Waals surface area contributed by atoms with E-state index in [1.165, 1.54) is 18.2 Å². The molecule has 2 aromatic carbocycles. The number of carbonyl (C=O) groups is 2. The summed E-state index contributed by atoms with van der Waals surface area (Å²) in [6.07, 6.45) is 2.00. The van der Waals surface area contributed by atoms with Gasteiger partial charge >= 0.3 is 5.97 Å². The fraction of sp³-hybridized carbons (Fsp3) is 0.304. The Kier molecular flexibility index (Phi) is 5.93. The van der Waals surface area contributed by atoms with Crippen molar-refractivity contribution in [1.82, 2.24) is 0 Å². The summed E-state index contributed by atoms with van der Waals surface area (Å²) < 4.78 is 18.5. The number of ether oxygens (including phenoxy) is 1. The number of hydrogen-bond acceptors (Lipinski definition) is 4. The Morgan fingerprint density at radius 1 is 1.11 bits per heavy atom. The molecule has 0 heterocycles. The highest BCUT2D eigenvalue weighted by molar-refractivity contribution is 6.10. The number of hydrogen-bond donors (Lipinski definition) is 0. The van der Waals surface area contributed by atoms with Gasteiger partial charge in [0.1, 0.15) is 11.7 Å². The standard InChI is InChI=1S/C23H24FNO3/c1-4-28-23(27)22-20(16-7-11-19(12-8-16)25(2)3)13-17(14-21(22)26)15-5-9-18(24)10-6-15/h5-12,14,20,22H,4,13H2,1-3H3/t20-,22-/m0/s1. The van der Waals surface area contributed by atoms with Crippen LogP contribution in [0.5, 0.6) is 0 Å². The van der Waals surface area contributed by atoms with Crippen molar-refractivity contribution in [3.8, 4) is 0 Å². The zero-order valence-corrected chi connectivity index (χ0v) is 16.3. The molecule has 0 radical (unpaired) electrons. The fourth-order valence-electron chi connectivity index (χ4n) is 3.58. The third-order valence-corrected chi connectivity index (χ3v) is 5.06. The molecule has 0 saturated carbocycles.